The fraction of sp³-hybridized carbons (Fsp3) is 0.111. The van der Waals surface area contributed by atoms with Gasteiger partial charge in [0, 0.05) is 24.8 Å². The van der Waals surface area contributed by atoms with Crippen LogP contribution in [0.1, 0.15) is 10.4 Å². The molecule has 0 unspecified atom stereocenters. The molecule has 1 aromatic heterocycles. The molecule has 2 N–H and O–H groups in total. The lowest BCUT2D eigenvalue weighted by atomic mass is 10.1. The predicted octanol–water partition coefficient (Wildman–Crippen LogP) is 2.95. The van der Waals surface area contributed by atoms with Crippen molar-refractivity contribution in [1.82, 2.24) is 10.2 Å². The number of nitro groups is 1. The van der Waals surface area contributed by atoms with Gasteiger partial charge in [-0.1, -0.05) is 23.5 Å². The topological polar surface area (TPSA) is 136 Å². The Hall–Kier alpha value is -3.70. The molecule has 148 valence electrons. The van der Waals surface area contributed by atoms with Crippen molar-refractivity contribution >= 4 is 39.7 Å². The lowest BCUT2D eigenvalue weighted by molar-refractivity contribution is -0.384. The number of methoxy groups -OCH3 is 1. The highest BCUT2D eigenvalue weighted by atomic mass is 32.1. The minimum atomic E-state index is -0.488. The molecule has 2 amide bonds. The van der Waals surface area contributed by atoms with Gasteiger partial charge in [-0.15, -0.1) is 10.2 Å². The van der Waals surface area contributed by atoms with E-state index in [0.717, 1.165) is 11.3 Å². The van der Waals surface area contributed by atoms with E-state index in [4.69, 9.17) is 4.74 Å². The van der Waals surface area contributed by atoms with E-state index in [-0.39, 0.29) is 28.9 Å². The van der Waals surface area contributed by atoms with Crippen molar-refractivity contribution in [2.45, 2.75) is 0 Å². The summed E-state index contributed by atoms with van der Waals surface area (Å²) in [5.41, 5.74) is 1.20. The van der Waals surface area contributed by atoms with Gasteiger partial charge in [-0.3, -0.25) is 25.0 Å². The molecule has 0 aliphatic rings. The molecule has 0 radical (unpaired) electrons. The van der Waals surface area contributed by atoms with Crippen molar-refractivity contribution in [1.29, 1.82) is 0 Å². The number of anilines is 2. The maximum absolute atomic E-state index is 12.6. The van der Waals surface area contributed by atoms with E-state index < -0.39 is 10.8 Å². The van der Waals surface area contributed by atoms with E-state index in [1.165, 1.54) is 19.2 Å². The van der Waals surface area contributed by atoms with Gasteiger partial charge in [-0.2, -0.15) is 0 Å². The number of nitro benzene ring substituents is 1. The first-order valence-corrected chi connectivity index (χ1v) is 9.07. The van der Waals surface area contributed by atoms with Crippen LogP contribution in [0.4, 0.5) is 16.5 Å². The summed E-state index contributed by atoms with van der Waals surface area (Å²) in [5, 5.41) is 24.7. The Kier molecular flexibility index (Phi) is 6.22. The maximum Gasteiger partial charge on any atom is 0.269 e. The zero-order chi connectivity index (χ0) is 20.8. The Balaban J connectivity index is 1.74. The molecule has 0 spiro atoms. The molecule has 0 saturated carbocycles. The number of aromatic nitrogens is 2. The van der Waals surface area contributed by atoms with E-state index >= 15 is 0 Å². The number of rotatable bonds is 7. The Labute approximate surface area is 168 Å². The minimum Gasteiger partial charge on any atom is -0.375 e. The van der Waals surface area contributed by atoms with Crippen molar-refractivity contribution in [3.05, 3.63) is 64.2 Å². The first kappa shape index (κ1) is 20.0. The SMILES string of the molecule is COCC(=O)Nc1ccccc1C(=O)Nc1nnc(-c2ccc([N+](=O)[O-])cc2)s1. The Morgan fingerprint density at radius 2 is 1.83 bits per heavy atom. The summed E-state index contributed by atoms with van der Waals surface area (Å²) in [7, 11) is 1.40. The van der Waals surface area contributed by atoms with Crippen LogP contribution in [-0.4, -0.2) is 40.7 Å². The molecule has 0 atom stereocenters. The number of benzene rings is 2. The summed E-state index contributed by atoms with van der Waals surface area (Å²) >= 11 is 1.12. The van der Waals surface area contributed by atoms with Gasteiger partial charge in [-0.25, -0.2) is 0 Å². The number of amides is 2. The van der Waals surface area contributed by atoms with Crippen LogP contribution in [-0.2, 0) is 9.53 Å². The largest absolute Gasteiger partial charge is 0.375 e. The monoisotopic (exact) mass is 413 g/mol. The Morgan fingerprint density at radius 1 is 1.10 bits per heavy atom. The molecule has 0 saturated heterocycles. The minimum absolute atomic E-state index is 0.0288. The molecule has 0 aliphatic heterocycles. The zero-order valence-corrected chi connectivity index (χ0v) is 15.9. The van der Waals surface area contributed by atoms with Gasteiger partial charge < -0.3 is 10.1 Å². The summed E-state index contributed by atoms with van der Waals surface area (Å²) < 4.78 is 4.77. The number of carbonyl (C=O) groups is 2. The van der Waals surface area contributed by atoms with Crippen LogP contribution in [0.3, 0.4) is 0 Å². The number of hydrogen-bond acceptors (Lipinski definition) is 8. The smallest absolute Gasteiger partial charge is 0.269 e. The van der Waals surface area contributed by atoms with Crippen molar-refractivity contribution in [2.24, 2.45) is 0 Å². The number of ether oxygens (including phenoxy) is 1. The van der Waals surface area contributed by atoms with E-state index in [1.807, 2.05) is 0 Å². The number of nitrogens with one attached hydrogen (secondary N) is 2. The van der Waals surface area contributed by atoms with Crippen molar-refractivity contribution in [2.75, 3.05) is 24.4 Å². The fourth-order valence-corrected chi connectivity index (χ4v) is 3.13. The lowest BCUT2D eigenvalue weighted by Gasteiger charge is -2.09. The fourth-order valence-electron chi connectivity index (χ4n) is 2.39. The lowest BCUT2D eigenvalue weighted by Crippen LogP contribution is -2.20. The number of para-hydroxylation sites is 1. The van der Waals surface area contributed by atoms with Crippen LogP contribution in [0.2, 0.25) is 0 Å². The standard InChI is InChI=1S/C18H15N5O5S/c1-28-10-15(24)19-14-5-3-2-4-13(14)16(25)20-18-22-21-17(29-18)11-6-8-12(9-7-11)23(26)27/h2-9H,10H2,1H3,(H,19,24)(H,20,22,25). The van der Waals surface area contributed by atoms with Crippen LogP contribution < -0.4 is 10.6 Å². The molecule has 1 heterocycles. The number of non-ortho nitro benzene ring substituents is 1. The molecule has 0 aliphatic carbocycles. The van der Waals surface area contributed by atoms with Crippen LogP contribution in [0, 0.1) is 10.1 Å². The van der Waals surface area contributed by atoms with E-state index in [0.29, 0.717) is 16.3 Å². The molecule has 10 nitrogen and oxygen atoms in total. The van der Waals surface area contributed by atoms with Crippen LogP contribution >= 0.6 is 11.3 Å². The quantitative estimate of drug-likeness (QED) is 0.449. The van der Waals surface area contributed by atoms with Crippen LogP contribution in [0.25, 0.3) is 10.6 Å². The van der Waals surface area contributed by atoms with Gasteiger partial charge in [0.05, 0.1) is 16.2 Å². The molecule has 3 aromatic rings. The molecule has 29 heavy (non-hydrogen) atoms. The van der Waals surface area contributed by atoms with Gasteiger partial charge in [0.1, 0.15) is 11.6 Å². The number of carbonyl (C=O) groups excluding carboxylic acids is 2. The second-order valence-corrected chi connectivity index (χ2v) is 6.67. The summed E-state index contributed by atoms with van der Waals surface area (Å²) in [6.07, 6.45) is 0. The average molecular weight is 413 g/mol. The first-order valence-electron chi connectivity index (χ1n) is 8.25. The highest BCUT2D eigenvalue weighted by Gasteiger charge is 2.16. The van der Waals surface area contributed by atoms with Gasteiger partial charge in [-0.05, 0) is 24.3 Å². The Bertz CT molecular complexity index is 1050. The highest BCUT2D eigenvalue weighted by molar-refractivity contribution is 7.18. The second kappa shape index (κ2) is 8.99. The molecular weight excluding hydrogens is 398 g/mol. The van der Waals surface area contributed by atoms with Crippen molar-refractivity contribution in [3.8, 4) is 10.6 Å². The summed E-state index contributed by atoms with van der Waals surface area (Å²) in [5.74, 6) is -0.853. The normalized spacial score (nSPS) is 10.4. The number of hydrogen-bond donors (Lipinski definition) is 2. The Morgan fingerprint density at radius 3 is 2.52 bits per heavy atom. The van der Waals surface area contributed by atoms with E-state index in [1.54, 1.807) is 36.4 Å². The maximum atomic E-state index is 12.6. The third-order valence-electron chi connectivity index (χ3n) is 3.69. The summed E-state index contributed by atoms with van der Waals surface area (Å²) in [6.45, 7) is -0.134. The van der Waals surface area contributed by atoms with E-state index in [2.05, 4.69) is 20.8 Å². The predicted molar refractivity (Wildman–Crippen MR) is 107 cm³/mol. The molecule has 11 heteroatoms. The third-order valence-corrected chi connectivity index (χ3v) is 4.58. The van der Waals surface area contributed by atoms with Crippen LogP contribution in [0.15, 0.2) is 48.5 Å². The number of nitrogens with zero attached hydrogens (tertiary/aromatic N) is 3. The molecule has 0 bridgehead atoms. The van der Waals surface area contributed by atoms with Crippen molar-refractivity contribution < 1.29 is 19.2 Å². The van der Waals surface area contributed by atoms with Crippen LogP contribution in [0.5, 0.6) is 0 Å². The summed E-state index contributed by atoms with van der Waals surface area (Å²) in [6, 6.07) is 12.4. The van der Waals surface area contributed by atoms with Crippen molar-refractivity contribution in [3.63, 3.8) is 0 Å². The van der Waals surface area contributed by atoms with E-state index in [9.17, 15) is 19.7 Å². The van der Waals surface area contributed by atoms with Gasteiger partial charge >= 0.3 is 0 Å². The average Bonchev–Trinajstić information content (AvgIpc) is 3.17. The van der Waals surface area contributed by atoms with Gasteiger partial charge in [0.25, 0.3) is 11.6 Å². The van der Waals surface area contributed by atoms with Gasteiger partial charge in [0.15, 0.2) is 0 Å². The molecule has 2 aromatic carbocycles. The second-order valence-electron chi connectivity index (χ2n) is 5.70. The highest BCUT2D eigenvalue weighted by Crippen LogP contribution is 2.28. The third kappa shape index (κ3) is 4.97. The molecule has 3 rings (SSSR count). The van der Waals surface area contributed by atoms with Gasteiger partial charge in [0.2, 0.25) is 11.0 Å². The molecule has 0 fully saturated rings. The summed E-state index contributed by atoms with van der Waals surface area (Å²) in [4.78, 5) is 34.6. The zero-order valence-electron chi connectivity index (χ0n) is 15.1. The molecular formula is C18H15N5O5S. The first-order chi connectivity index (χ1) is 14.0.